The molecule has 0 aliphatic rings. The molecule has 0 radical (unpaired) electrons. The summed E-state index contributed by atoms with van der Waals surface area (Å²) in [7, 11) is 1.84. The van der Waals surface area contributed by atoms with Crippen LogP contribution in [0.15, 0.2) is 36.5 Å². The maximum Gasteiger partial charge on any atom is 0.147 e. The van der Waals surface area contributed by atoms with Gasteiger partial charge in [-0.2, -0.15) is 0 Å². The third kappa shape index (κ3) is 3.05. The van der Waals surface area contributed by atoms with Crippen LogP contribution in [0.2, 0.25) is 5.02 Å². The molecule has 0 bridgehead atoms. The zero-order chi connectivity index (χ0) is 14.7. The van der Waals surface area contributed by atoms with Gasteiger partial charge in [-0.3, -0.25) is 0 Å². The Kier molecular flexibility index (Phi) is 4.84. The van der Waals surface area contributed by atoms with Crippen LogP contribution < -0.4 is 4.90 Å². The van der Waals surface area contributed by atoms with Crippen LogP contribution in [0.1, 0.15) is 24.1 Å². The molecule has 0 spiro atoms. The third-order valence-corrected chi connectivity index (χ3v) is 3.89. The highest BCUT2D eigenvalue weighted by Crippen LogP contribution is 2.31. The average molecular weight is 313 g/mol. The minimum atomic E-state index is -0.236. The van der Waals surface area contributed by atoms with Crippen LogP contribution in [0.5, 0.6) is 0 Å². The maximum atomic E-state index is 13.8. The van der Waals surface area contributed by atoms with Crippen LogP contribution in [-0.2, 0) is 5.88 Å². The van der Waals surface area contributed by atoms with Gasteiger partial charge < -0.3 is 4.90 Å². The van der Waals surface area contributed by atoms with Crippen LogP contribution >= 0.6 is 23.2 Å². The van der Waals surface area contributed by atoms with E-state index in [4.69, 9.17) is 23.2 Å². The second kappa shape index (κ2) is 6.42. The van der Waals surface area contributed by atoms with Crippen LogP contribution in [0.25, 0.3) is 0 Å². The summed E-state index contributed by atoms with van der Waals surface area (Å²) in [4.78, 5) is 6.16. The van der Waals surface area contributed by atoms with Crippen molar-refractivity contribution in [3.63, 3.8) is 0 Å². The van der Waals surface area contributed by atoms with E-state index < -0.39 is 0 Å². The number of rotatable bonds is 4. The van der Waals surface area contributed by atoms with Crippen molar-refractivity contribution in [3.8, 4) is 0 Å². The van der Waals surface area contributed by atoms with Crippen molar-refractivity contribution in [1.29, 1.82) is 0 Å². The lowest BCUT2D eigenvalue weighted by Gasteiger charge is -2.27. The van der Waals surface area contributed by atoms with Gasteiger partial charge in [0.2, 0.25) is 0 Å². The first-order valence-electron chi connectivity index (χ1n) is 6.22. The molecule has 20 heavy (non-hydrogen) atoms. The molecule has 1 heterocycles. The van der Waals surface area contributed by atoms with Gasteiger partial charge in [0.15, 0.2) is 0 Å². The van der Waals surface area contributed by atoms with Crippen molar-refractivity contribution in [3.05, 3.63) is 58.5 Å². The quantitative estimate of drug-likeness (QED) is 0.753. The summed E-state index contributed by atoms with van der Waals surface area (Å²) in [6.45, 7) is 1.91. The lowest BCUT2D eigenvalue weighted by Crippen LogP contribution is -2.23. The van der Waals surface area contributed by atoms with E-state index in [1.165, 1.54) is 6.07 Å². The molecule has 0 N–H and O–H groups in total. The van der Waals surface area contributed by atoms with E-state index in [2.05, 4.69) is 4.98 Å². The fraction of sp³-hybridized carbons (Fsp3) is 0.267. The standard InChI is InChI=1S/C15H15Cl2FN2/c1-10(12-5-3-4-6-14(12)18)20(2)15-13(17)7-11(8-16)9-19-15/h3-7,9-10H,8H2,1-2H3. The van der Waals surface area contributed by atoms with Crippen molar-refractivity contribution in [2.75, 3.05) is 11.9 Å². The minimum Gasteiger partial charge on any atom is -0.352 e. The van der Waals surface area contributed by atoms with Crippen molar-refractivity contribution < 1.29 is 4.39 Å². The molecular weight excluding hydrogens is 298 g/mol. The lowest BCUT2D eigenvalue weighted by atomic mass is 10.1. The van der Waals surface area contributed by atoms with Gasteiger partial charge in [-0.15, -0.1) is 11.6 Å². The Labute approximate surface area is 128 Å². The van der Waals surface area contributed by atoms with Crippen molar-refractivity contribution in [2.24, 2.45) is 0 Å². The summed E-state index contributed by atoms with van der Waals surface area (Å²) in [5.41, 5.74) is 1.46. The number of alkyl halides is 1. The Morgan fingerprint density at radius 3 is 2.65 bits per heavy atom. The molecule has 1 atom stereocenters. The predicted octanol–water partition coefficient (Wildman–Crippen LogP) is 4.81. The van der Waals surface area contributed by atoms with E-state index in [1.807, 2.05) is 24.9 Å². The van der Waals surface area contributed by atoms with Gasteiger partial charge >= 0.3 is 0 Å². The monoisotopic (exact) mass is 312 g/mol. The van der Waals surface area contributed by atoms with E-state index in [-0.39, 0.29) is 11.9 Å². The molecule has 0 aliphatic carbocycles. The highest BCUT2D eigenvalue weighted by Gasteiger charge is 2.18. The summed E-state index contributed by atoms with van der Waals surface area (Å²) in [6, 6.07) is 8.30. The predicted molar refractivity (Wildman–Crippen MR) is 82.0 cm³/mol. The van der Waals surface area contributed by atoms with E-state index >= 15 is 0 Å². The number of halogens is 3. The number of hydrogen-bond acceptors (Lipinski definition) is 2. The van der Waals surface area contributed by atoms with Crippen LogP contribution in [-0.4, -0.2) is 12.0 Å². The lowest BCUT2D eigenvalue weighted by molar-refractivity contribution is 0.584. The van der Waals surface area contributed by atoms with E-state index in [0.717, 1.165) is 5.56 Å². The van der Waals surface area contributed by atoms with Crippen LogP contribution in [0.4, 0.5) is 10.2 Å². The Bertz CT molecular complexity index is 604. The number of aromatic nitrogens is 1. The number of anilines is 1. The van der Waals surface area contributed by atoms with E-state index in [9.17, 15) is 4.39 Å². The first-order chi connectivity index (χ1) is 9.54. The number of hydrogen-bond donors (Lipinski definition) is 0. The zero-order valence-corrected chi connectivity index (χ0v) is 12.8. The fourth-order valence-electron chi connectivity index (χ4n) is 2.01. The summed E-state index contributed by atoms with van der Waals surface area (Å²) in [6.07, 6.45) is 1.68. The molecule has 2 rings (SSSR count). The van der Waals surface area contributed by atoms with E-state index in [0.29, 0.717) is 22.3 Å². The number of pyridine rings is 1. The largest absolute Gasteiger partial charge is 0.352 e. The summed E-state index contributed by atoms with van der Waals surface area (Å²) in [5, 5.41) is 0.508. The van der Waals surface area contributed by atoms with Crippen LogP contribution in [0, 0.1) is 5.82 Å². The summed E-state index contributed by atoms with van der Waals surface area (Å²) >= 11 is 12.0. The molecular formula is C15H15Cl2FN2. The molecule has 5 heteroatoms. The molecule has 2 aromatic rings. The second-order valence-corrected chi connectivity index (χ2v) is 5.27. The third-order valence-electron chi connectivity index (χ3n) is 3.30. The Hall–Kier alpha value is -1.32. The number of benzene rings is 1. The molecule has 0 fully saturated rings. The molecule has 0 saturated heterocycles. The first-order valence-corrected chi connectivity index (χ1v) is 7.13. The molecule has 1 aromatic heterocycles. The molecule has 2 nitrogen and oxygen atoms in total. The van der Waals surface area contributed by atoms with Gasteiger partial charge in [0.25, 0.3) is 0 Å². The van der Waals surface area contributed by atoms with Crippen molar-refractivity contribution >= 4 is 29.0 Å². The smallest absolute Gasteiger partial charge is 0.147 e. The Morgan fingerprint density at radius 2 is 2.05 bits per heavy atom. The van der Waals surface area contributed by atoms with Gasteiger partial charge in [-0.1, -0.05) is 29.8 Å². The van der Waals surface area contributed by atoms with Crippen LogP contribution in [0.3, 0.4) is 0 Å². The average Bonchev–Trinajstić information content (AvgIpc) is 2.46. The van der Waals surface area contributed by atoms with Gasteiger partial charge in [0, 0.05) is 24.7 Å². The first kappa shape index (κ1) is 15.1. The molecule has 0 aliphatic heterocycles. The minimum absolute atomic E-state index is 0.178. The Morgan fingerprint density at radius 1 is 1.35 bits per heavy atom. The summed E-state index contributed by atoms with van der Waals surface area (Å²) in [5.74, 6) is 0.733. The number of nitrogens with zero attached hydrogens (tertiary/aromatic N) is 2. The normalized spacial score (nSPS) is 12.2. The Balaban J connectivity index is 2.31. The zero-order valence-electron chi connectivity index (χ0n) is 11.3. The molecule has 106 valence electrons. The van der Waals surface area contributed by atoms with Gasteiger partial charge in [-0.25, -0.2) is 9.37 Å². The maximum absolute atomic E-state index is 13.8. The van der Waals surface area contributed by atoms with Gasteiger partial charge in [0.05, 0.1) is 11.1 Å². The van der Waals surface area contributed by atoms with Crippen molar-refractivity contribution in [1.82, 2.24) is 4.98 Å². The second-order valence-electron chi connectivity index (χ2n) is 4.59. The van der Waals surface area contributed by atoms with E-state index in [1.54, 1.807) is 24.4 Å². The summed E-state index contributed by atoms with van der Waals surface area (Å²) < 4.78 is 13.8. The highest BCUT2D eigenvalue weighted by atomic mass is 35.5. The van der Waals surface area contributed by atoms with Gasteiger partial charge in [-0.05, 0) is 24.6 Å². The van der Waals surface area contributed by atoms with Gasteiger partial charge in [0.1, 0.15) is 11.6 Å². The van der Waals surface area contributed by atoms with Crippen molar-refractivity contribution in [2.45, 2.75) is 18.8 Å². The molecule has 1 aromatic carbocycles. The fourth-order valence-corrected chi connectivity index (χ4v) is 2.48. The SMILES string of the molecule is CC(c1ccccc1F)N(C)c1ncc(CCl)cc1Cl. The molecule has 1 unspecified atom stereocenters. The molecule has 0 saturated carbocycles. The topological polar surface area (TPSA) is 16.1 Å². The highest BCUT2D eigenvalue weighted by molar-refractivity contribution is 6.33. The molecule has 0 amide bonds.